The van der Waals surface area contributed by atoms with Gasteiger partial charge in [-0.15, -0.1) is 19.7 Å². The minimum absolute atomic E-state index is 0. The summed E-state index contributed by atoms with van der Waals surface area (Å²) in [6, 6.07) is 0. The number of rotatable bonds is 13. The quantitative estimate of drug-likeness (QED) is 0.0636. The molecule has 1 unspecified atom stereocenters. The summed E-state index contributed by atoms with van der Waals surface area (Å²) in [5, 5.41) is 10.1. The molecule has 0 amide bonds. The number of aliphatic hydroxyl groups is 1. The van der Waals surface area contributed by atoms with Gasteiger partial charge in [0, 0.05) is 24.4 Å². The molecular formula is C43H80NO10PSi. The van der Waals surface area contributed by atoms with Crippen molar-refractivity contribution in [1.82, 2.24) is 0 Å². The van der Waals surface area contributed by atoms with Crippen LogP contribution in [0.15, 0.2) is 38.0 Å². The van der Waals surface area contributed by atoms with Crippen molar-refractivity contribution in [1.29, 1.82) is 0 Å². The number of ether oxygens (including phenoxy) is 6. The van der Waals surface area contributed by atoms with Gasteiger partial charge in [-0.05, 0) is 38.9 Å². The molecule has 6 saturated heterocycles. The number of fused-ring (bicyclic) bond motifs is 6. The summed E-state index contributed by atoms with van der Waals surface area (Å²) >= 11 is 0. The van der Waals surface area contributed by atoms with Crippen LogP contribution in [0, 0.1) is 24.3 Å². The summed E-state index contributed by atoms with van der Waals surface area (Å²) in [7, 11) is -2.88. The Morgan fingerprint density at radius 2 is 1.18 bits per heavy atom. The third-order valence-electron chi connectivity index (χ3n) is 12.8. The lowest BCUT2D eigenvalue weighted by Gasteiger charge is -2.42. The van der Waals surface area contributed by atoms with Gasteiger partial charge in [-0.3, -0.25) is 0 Å². The number of aliphatic hydroxyl groups excluding tert-OH is 1. The van der Waals surface area contributed by atoms with E-state index in [1.54, 1.807) is 0 Å². The molecule has 0 aliphatic carbocycles. The van der Waals surface area contributed by atoms with E-state index in [1.165, 1.54) is 0 Å². The first kappa shape index (κ1) is 53.0. The number of hydrogen-bond acceptors (Lipinski definition) is 10. The Hall–Kier alpha value is -1.04. The van der Waals surface area contributed by atoms with Crippen molar-refractivity contribution in [3.63, 3.8) is 0 Å². The highest BCUT2D eigenvalue weighted by Crippen LogP contribution is 2.52. The van der Waals surface area contributed by atoms with Gasteiger partial charge in [-0.2, -0.15) is 0 Å². The van der Waals surface area contributed by atoms with Crippen LogP contribution in [0.5, 0.6) is 0 Å². The van der Waals surface area contributed by atoms with Crippen molar-refractivity contribution in [2.75, 3.05) is 39.6 Å². The van der Waals surface area contributed by atoms with Gasteiger partial charge in [0.2, 0.25) is 6.54 Å². The molecule has 16 atom stereocenters. The molecule has 0 saturated carbocycles. The van der Waals surface area contributed by atoms with Gasteiger partial charge in [0.25, 0.3) is 0 Å². The largest absolute Gasteiger partial charge is 0.408 e. The fourth-order valence-corrected chi connectivity index (χ4v) is 10.4. The molecule has 56 heavy (non-hydrogen) atoms. The van der Waals surface area contributed by atoms with Crippen LogP contribution in [-0.4, -0.2) is 125 Å². The molecule has 326 valence electrons. The van der Waals surface area contributed by atoms with Crippen molar-refractivity contribution in [2.45, 2.75) is 174 Å². The highest BCUT2D eigenvalue weighted by molar-refractivity contribution is 7.46. The minimum atomic E-state index is -1.84. The highest BCUT2D eigenvalue weighted by Gasteiger charge is 2.65. The van der Waals surface area contributed by atoms with E-state index in [0.717, 1.165) is 0 Å². The fourth-order valence-electron chi connectivity index (χ4n) is 8.05. The lowest BCUT2D eigenvalue weighted by molar-refractivity contribution is -0.153. The Morgan fingerprint density at radius 3 is 1.57 bits per heavy atom. The Balaban J connectivity index is 0.000000418. The average Bonchev–Trinajstić information content (AvgIpc) is 3.91. The summed E-state index contributed by atoms with van der Waals surface area (Å²) in [4.78, 5) is 3.27. The van der Waals surface area contributed by atoms with E-state index in [4.69, 9.17) is 48.5 Å². The molecule has 0 radical (unpaired) electrons. The van der Waals surface area contributed by atoms with Gasteiger partial charge in [0.05, 0.1) is 38.1 Å². The van der Waals surface area contributed by atoms with E-state index >= 15 is 0 Å². The number of hydrogen-bond donors (Lipinski definition) is 1. The van der Waals surface area contributed by atoms with Gasteiger partial charge in [-0.25, -0.2) is 6.57 Å². The van der Waals surface area contributed by atoms with Crippen LogP contribution >= 0.6 is 8.38 Å². The van der Waals surface area contributed by atoms with E-state index in [2.05, 4.69) is 79.2 Å². The lowest BCUT2D eigenvalue weighted by atomic mass is 9.86. The maximum absolute atomic E-state index is 9.95. The first-order valence-corrected chi connectivity index (χ1v) is 23.7. The smallest absolute Gasteiger partial charge is 0.238 e. The molecule has 0 spiro atoms. The van der Waals surface area contributed by atoms with Crippen molar-refractivity contribution in [2.24, 2.45) is 17.8 Å². The lowest BCUT2D eigenvalue weighted by Crippen LogP contribution is -2.53. The van der Waals surface area contributed by atoms with Crippen LogP contribution < -0.4 is 0 Å². The highest BCUT2D eigenvalue weighted by atomic mass is 31.2. The molecular weight excluding hydrogens is 750 g/mol. The van der Waals surface area contributed by atoms with Crippen molar-refractivity contribution in [3.8, 4) is 0 Å². The minimum Gasteiger partial charge on any atom is -0.408 e. The molecule has 6 fully saturated rings. The second-order valence-electron chi connectivity index (χ2n) is 17.2. The van der Waals surface area contributed by atoms with Gasteiger partial charge >= 0.3 is 0 Å². The standard InChI is InChI=1S/C16H30O3Si.C14H22NO4P.C10H16O3.3CH4/c1-9-11(2)16-10-17-13(12(3)18-16)14(16)19-20(7,8)15(4,5)6;1-6-10(2)14-9-16-12(11(3)18-14)13(14)19-20(5)17-8-7-15-4;1-4-6(2)10-5-12-8(9(10)11)7(3)13-10;;;/h9,11-14H,1,10H2,2-8H3;6,10-13H,1,7-9H2,2-3,5H3;4,6-9,11H,1,5H2,2-3H3;3*1H4/t11-,12-,13-,14-,16+;10-,11-,12-,13-,14+,20?;6-,7-,8-,9-,10+;;;/m000.../s1. The summed E-state index contributed by atoms with van der Waals surface area (Å²) in [6.45, 7) is 46.2. The first-order valence-electron chi connectivity index (χ1n) is 19.2. The topological polar surface area (TPSA) is 108 Å². The molecule has 0 aromatic heterocycles. The Labute approximate surface area is 344 Å². The Kier molecular flexibility index (Phi) is 19.4. The maximum atomic E-state index is 9.95. The van der Waals surface area contributed by atoms with Crippen LogP contribution in [0.3, 0.4) is 0 Å². The van der Waals surface area contributed by atoms with E-state index in [9.17, 15) is 5.11 Å². The predicted molar refractivity (Wildman–Crippen MR) is 231 cm³/mol. The van der Waals surface area contributed by atoms with Gasteiger partial charge in [-0.1, -0.05) is 82.1 Å². The summed E-state index contributed by atoms with van der Waals surface area (Å²) in [5.74, 6) is 0.499. The molecule has 0 aromatic rings. The van der Waals surface area contributed by atoms with Crippen LogP contribution in [-0.2, 0) is 41.9 Å². The zero-order valence-electron chi connectivity index (χ0n) is 34.3. The molecule has 6 aliphatic heterocycles. The van der Waals surface area contributed by atoms with E-state index in [1.807, 2.05) is 45.7 Å². The number of nitrogens with zero attached hydrogens (tertiary/aromatic N) is 1. The van der Waals surface area contributed by atoms with Gasteiger partial charge in [0.15, 0.2) is 16.7 Å². The van der Waals surface area contributed by atoms with E-state index in [0.29, 0.717) is 33.0 Å². The molecule has 13 heteroatoms. The molecule has 6 aliphatic rings. The summed E-state index contributed by atoms with van der Waals surface area (Å²) in [6.07, 6.45) is 5.03. The zero-order valence-corrected chi connectivity index (χ0v) is 36.2. The van der Waals surface area contributed by atoms with Crippen LogP contribution in [0.1, 0.15) is 84.6 Å². The summed E-state index contributed by atoms with van der Waals surface area (Å²) < 4.78 is 53.8. The molecule has 6 rings (SSSR count). The fraction of sp³-hybridized carbons (Fsp3) is 0.837. The van der Waals surface area contributed by atoms with Crippen LogP contribution in [0.2, 0.25) is 18.1 Å². The SMILES string of the molecule is C.C.C.C=C[C@H](C)[C@@]12CO[C@@H]([C@H](C)O1)[C@@H]2O.C=C[C@H](C)[C@@]12CO[C@@H]([C@H](C)O1)[C@@H]2O[Si](C)(C)C(C)(C)C.[C-]#[N+]CCOP(C)O[C@H]1[C@H]2OC[C@]1([C@@H](C)C=C)O[C@H]2C. The second-order valence-corrected chi connectivity index (χ2v) is 23.3. The van der Waals surface area contributed by atoms with Gasteiger partial charge in [0.1, 0.15) is 60.0 Å². The molecule has 0 aromatic carbocycles. The predicted octanol–water partition coefficient (Wildman–Crippen LogP) is 9.02. The maximum Gasteiger partial charge on any atom is 0.238 e. The van der Waals surface area contributed by atoms with Crippen molar-refractivity contribution in [3.05, 3.63) is 49.4 Å². The van der Waals surface area contributed by atoms with Crippen molar-refractivity contribution < 1.29 is 47.0 Å². The monoisotopic (exact) mass is 830 g/mol. The Bertz CT molecular complexity index is 1330. The second kappa shape index (κ2) is 20.5. The average molecular weight is 830 g/mol. The molecule has 6 heterocycles. The summed E-state index contributed by atoms with van der Waals surface area (Å²) in [5.41, 5.74) is -1.33. The Morgan fingerprint density at radius 1 is 0.786 bits per heavy atom. The first-order chi connectivity index (χ1) is 24.7. The van der Waals surface area contributed by atoms with Crippen molar-refractivity contribution >= 4 is 16.7 Å². The molecule has 11 nitrogen and oxygen atoms in total. The molecule has 6 bridgehead atoms. The van der Waals surface area contributed by atoms with Gasteiger partial charge < -0.3 is 51.8 Å². The third kappa shape index (κ3) is 9.77. The third-order valence-corrected chi connectivity index (χ3v) is 18.3. The molecule has 1 N–H and O–H groups in total. The zero-order chi connectivity index (χ0) is 39.7. The normalized spacial score (nSPS) is 39.5. The van der Waals surface area contributed by atoms with E-state index in [-0.39, 0.29) is 99.5 Å². The van der Waals surface area contributed by atoms with Crippen LogP contribution in [0.25, 0.3) is 4.85 Å². The van der Waals surface area contributed by atoms with Crippen LogP contribution in [0.4, 0.5) is 0 Å². The van der Waals surface area contributed by atoms with E-state index < -0.39 is 34.0 Å².